The smallest absolute Gasteiger partial charge is 0.261 e. The minimum atomic E-state index is -3.61. The fourth-order valence-corrected chi connectivity index (χ4v) is 4.93. The lowest BCUT2D eigenvalue weighted by atomic mass is 9.97. The van der Waals surface area contributed by atoms with Gasteiger partial charge in [-0.2, -0.15) is 0 Å². The predicted molar refractivity (Wildman–Crippen MR) is 114 cm³/mol. The molecule has 7 nitrogen and oxygen atoms in total. The number of amides is 2. The van der Waals surface area contributed by atoms with Gasteiger partial charge in [-0.25, -0.2) is 13.1 Å². The summed E-state index contributed by atoms with van der Waals surface area (Å²) in [4.78, 5) is 25.9. The molecule has 1 unspecified atom stereocenters. The fraction of sp³-hybridized carbons (Fsp3) is 0.364. The molecule has 1 aliphatic heterocycles. The van der Waals surface area contributed by atoms with Crippen LogP contribution in [0.1, 0.15) is 52.6 Å². The quantitative estimate of drug-likeness (QED) is 0.618. The second kappa shape index (κ2) is 8.97. The summed E-state index contributed by atoms with van der Waals surface area (Å²) in [6.45, 7) is 3.94. The molecular formula is C22H26N2O5S. The van der Waals surface area contributed by atoms with Crippen LogP contribution in [0.2, 0.25) is 0 Å². The molecule has 8 heteroatoms. The van der Waals surface area contributed by atoms with E-state index >= 15 is 0 Å². The van der Waals surface area contributed by atoms with Crippen molar-refractivity contribution in [2.45, 2.75) is 26.3 Å². The molecule has 1 aliphatic rings. The zero-order valence-electron chi connectivity index (χ0n) is 17.3. The molecule has 0 aromatic heterocycles. The van der Waals surface area contributed by atoms with Crippen molar-refractivity contribution >= 4 is 21.8 Å². The van der Waals surface area contributed by atoms with Gasteiger partial charge in [-0.3, -0.25) is 14.5 Å². The van der Waals surface area contributed by atoms with Crippen molar-refractivity contribution in [1.82, 2.24) is 9.62 Å². The van der Waals surface area contributed by atoms with Gasteiger partial charge in [0, 0.05) is 12.6 Å². The van der Waals surface area contributed by atoms with Crippen LogP contribution in [0.15, 0.2) is 48.5 Å². The lowest BCUT2D eigenvalue weighted by molar-refractivity contribution is 0.0654. The maximum atomic E-state index is 12.7. The van der Waals surface area contributed by atoms with Gasteiger partial charge in [0.05, 0.1) is 24.0 Å². The highest BCUT2D eigenvalue weighted by atomic mass is 32.2. The predicted octanol–water partition coefficient (Wildman–Crippen LogP) is 3.00. The van der Waals surface area contributed by atoms with E-state index in [4.69, 9.17) is 4.74 Å². The average Bonchev–Trinajstić information content (AvgIpc) is 2.97. The van der Waals surface area contributed by atoms with Gasteiger partial charge in [-0.05, 0) is 42.2 Å². The van der Waals surface area contributed by atoms with Crippen molar-refractivity contribution in [3.63, 3.8) is 0 Å². The maximum Gasteiger partial charge on any atom is 0.261 e. The number of rotatable bonds is 9. The summed E-state index contributed by atoms with van der Waals surface area (Å²) >= 11 is 0. The molecule has 160 valence electrons. The van der Waals surface area contributed by atoms with Crippen molar-refractivity contribution < 1.29 is 22.7 Å². The van der Waals surface area contributed by atoms with Crippen molar-refractivity contribution in [1.29, 1.82) is 0 Å². The molecule has 0 spiro atoms. The van der Waals surface area contributed by atoms with E-state index in [9.17, 15) is 18.0 Å². The van der Waals surface area contributed by atoms with Gasteiger partial charge < -0.3 is 4.74 Å². The van der Waals surface area contributed by atoms with Crippen LogP contribution in [0, 0.1) is 5.92 Å². The summed E-state index contributed by atoms with van der Waals surface area (Å²) in [5.74, 6) is -0.201. The number of carbonyl (C=O) groups excluding carboxylic acids is 2. The summed E-state index contributed by atoms with van der Waals surface area (Å²) in [7, 11) is -2.04. The van der Waals surface area contributed by atoms with Crippen LogP contribution in [-0.4, -0.2) is 44.5 Å². The fourth-order valence-electron chi connectivity index (χ4n) is 3.51. The molecule has 2 amide bonds. The highest BCUT2D eigenvalue weighted by Gasteiger charge is 2.35. The van der Waals surface area contributed by atoms with E-state index in [0.29, 0.717) is 16.9 Å². The summed E-state index contributed by atoms with van der Waals surface area (Å²) in [6.07, 6.45) is 0.161. The molecule has 0 saturated heterocycles. The second-order valence-electron chi connectivity index (χ2n) is 7.59. The number of hydrogen-bond donors (Lipinski definition) is 1. The Hall–Kier alpha value is -2.71. The van der Waals surface area contributed by atoms with Crippen molar-refractivity contribution in [2.75, 3.05) is 19.4 Å². The number of ether oxygens (including phenoxy) is 1. The molecule has 0 fully saturated rings. The van der Waals surface area contributed by atoms with Crippen LogP contribution in [-0.2, 0) is 10.0 Å². The summed E-state index contributed by atoms with van der Waals surface area (Å²) in [6, 6.07) is 13.5. The molecule has 0 aliphatic carbocycles. The highest BCUT2D eigenvalue weighted by Crippen LogP contribution is 2.25. The first-order valence-corrected chi connectivity index (χ1v) is 11.5. The van der Waals surface area contributed by atoms with E-state index in [2.05, 4.69) is 4.72 Å². The van der Waals surface area contributed by atoms with E-state index in [1.165, 1.54) is 0 Å². The van der Waals surface area contributed by atoms with Crippen LogP contribution in [0.3, 0.4) is 0 Å². The van der Waals surface area contributed by atoms with Gasteiger partial charge in [0.15, 0.2) is 0 Å². The number of carbonyl (C=O) groups is 2. The molecule has 0 saturated carbocycles. The molecule has 1 heterocycles. The largest absolute Gasteiger partial charge is 0.497 e. The van der Waals surface area contributed by atoms with Crippen LogP contribution < -0.4 is 9.46 Å². The number of imide groups is 1. The van der Waals surface area contributed by atoms with Crippen molar-refractivity contribution in [3.8, 4) is 5.75 Å². The van der Waals surface area contributed by atoms with E-state index < -0.39 is 10.0 Å². The van der Waals surface area contributed by atoms with Gasteiger partial charge in [0.25, 0.3) is 11.8 Å². The second-order valence-corrected chi connectivity index (χ2v) is 9.47. The SMILES string of the molecule is COc1ccc(C(NS(=O)(=O)CCCN2C(=O)c3ccccc3C2=O)C(C)C)cc1. The Morgan fingerprint density at radius 1 is 0.967 bits per heavy atom. The monoisotopic (exact) mass is 430 g/mol. The Morgan fingerprint density at radius 2 is 1.53 bits per heavy atom. The zero-order chi connectivity index (χ0) is 21.9. The average molecular weight is 431 g/mol. The number of sulfonamides is 1. The molecule has 2 aromatic rings. The Kier molecular flexibility index (Phi) is 6.58. The van der Waals surface area contributed by atoms with Crippen molar-refractivity contribution in [3.05, 3.63) is 65.2 Å². The third-order valence-corrected chi connectivity index (χ3v) is 6.56. The van der Waals surface area contributed by atoms with Crippen LogP contribution in [0.25, 0.3) is 0 Å². The minimum absolute atomic E-state index is 0.0319. The van der Waals surface area contributed by atoms with Gasteiger partial charge in [-0.15, -0.1) is 0 Å². The highest BCUT2D eigenvalue weighted by molar-refractivity contribution is 7.89. The van der Waals surface area contributed by atoms with Gasteiger partial charge in [-0.1, -0.05) is 38.1 Å². The minimum Gasteiger partial charge on any atom is -0.497 e. The summed E-state index contributed by atoms with van der Waals surface area (Å²) in [5, 5.41) is 0. The number of nitrogens with one attached hydrogen (secondary N) is 1. The van der Waals surface area contributed by atoms with Crippen molar-refractivity contribution in [2.24, 2.45) is 5.92 Å². The van der Waals surface area contributed by atoms with E-state index in [0.717, 1.165) is 10.5 Å². The standard InChI is InChI=1S/C22H26N2O5S/c1-15(2)20(16-9-11-17(29-3)12-10-16)23-30(27,28)14-6-13-24-21(25)18-7-4-5-8-19(18)22(24)26/h4-5,7-12,15,20,23H,6,13-14H2,1-3H3. The zero-order valence-corrected chi connectivity index (χ0v) is 18.1. The maximum absolute atomic E-state index is 12.7. The third kappa shape index (κ3) is 4.71. The van der Waals surface area contributed by atoms with E-state index in [1.54, 1.807) is 43.5 Å². The van der Waals surface area contributed by atoms with Crippen LogP contribution in [0.5, 0.6) is 5.75 Å². The van der Waals surface area contributed by atoms with Gasteiger partial charge >= 0.3 is 0 Å². The number of benzene rings is 2. The van der Waals surface area contributed by atoms with Gasteiger partial charge in [0.1, 0.15) is 5.75 Å². The number of hydrogen-bond acceptors (Lipinski definition) is 5. The molecule has 30 heavy (non-hydrogen) atoms. The molecule has 3 rings (SSSR count). The normalized spacial score (nSPS) is 14.9. The summed E-state index contributed by atoms with van der Waals surface area (Å²) < 4.78 is 33.3. The Bertz CT molecular complexity index is 997. The van der Waals surface area contributed by atoms with E-state index in [1.807, 2.05) is 26.0 Å². The Balaban J connectivity index is 1.62. The third-order valence-electron chi connectivity index (χ3n) is 5.12. The molecule has 2 aromatic carbocycles. The number of nitrogens with zero attached hydrogens (tertiary/aromatic N) is 1. The first-order chi connectivity index (χ1) is 14.2. The first kappa shape index (κ1) is 22.0. The molecule has 1 atom stereocenters. The van der Waals surface area contributed by atoms with Crippen LogP contribution >= 0.6 is 0 Å². The molecular weight excluding hydrogens is 404 g/mol. The lowest BCUT2D eigenvalue weighted by Gasteiger charge is -2.23. The summed E-state index contributed by atoms with van der Waals surface area (Å²) in [5.41, 5.74) is 1.57. The topological polar surface area (TPSA) is 92.8 Å². The number of fused-ring (bicyclic) bond motifs is 1. The van der Waals surface area contributed by atoms with E-state index in [-0.39, 0.29) is 42.5 Å². The van der Waals surface area contributed by atoms with Gasteiger partial charge in [0.2, 0.25) is 10.0 Å². The number of methoxy groups -OCH3 is 1. The Labute approximate surface area is 177 Å². The molecule has 0 bridgehead atoms. The molecule has 0 radical (unpaired) electrons. The molecule has 1 N–H and O–H groups in total. The Morgan fingerprint density at radius 3 is 2.03 bits per heavy atom. The lowest BCUT2D eigenvalue weighted by Crippen LogP contribution is -2.36. The van der Waals surface area contributed by atoms with Crippen LogP contribution in [0.4, 0.5) is 0 Å². The first-order valence-electron chi connectivity index (χ1n) is 9.82.